The number of aromatic nitrogens is 2. The first-order valence-electron chi connectivity index (χ1n) is 7.27. The molecule has 118 valence electrons. The molecule has 1 heterocycles. The molecule has 1 unspecified atom stereocenters. The Hall–Kier alpha value is -2.39. The van der Waals surface area contributed by atoms with E-state index < -0.39 is 0 Å². The average molecular weight is 373 g/mol. The third kappa shape index (κ3) is 4.30. The minimum atomic E-state index is -0.371. The van der Waals surface area contributed by atoms with Crippen LogP contribution in [-0.4, -0.2) is 22.1 Å². The molecule has 1 amide bonds. The molecule has 0 spiro atoms. The van der Waals surface area contributed by atoms with Crippen LogP contribution >= 0.6 is 15.9 Å². The van der Waals surface area contributed by atoms with Crippen molar-refractivity contribution < 1.29 is 4.79 Å². The molecule has 0 saturated carbocycles. The van der Waals surface area contributed by atoms with E-state index in [-0.39, 0.29) is 17.5 Å². The minimum Gasteiger partial charge on any atom is -0.349 e. The number of halogens is 1. The van der Waals surface area contributed by atoms with Gasteiger partial charge in [-0.3, -0.25) is 9.89 Å². The lowest BCUT2D eigenvalue weighted by Gasteiger charge is -2.10. The number of nitriles is 1. The summed E-state index contributed by atoms with van der Waals surface area (Å²) in [6, 6.07) is 9.68. The zero-order valence-electron chi connectivity index (χ0n) is 12.9. The Kier molecular flexibility index (Phi) is 5.72. The number of nitrogens with one attached hydrogen (secondary N) is 2. The van der Waals surface area contributed by atoms with E-state index in [4.69, 9.17) is 0 Å². The van der Waals surface area contributed by atoms with Gasteiger partial charge in [0.1, 0.15) is 11.6 Å². The normalized spacial score (nSPS) is 12.5. The molecule has 1 aromatic heterocycles. The van der Waals surface area contributed by atoms with Crippen LogP contribution in [-0.2, 0) is 4.79 Å². The highest BCUT2D eigenvalue weighted by Crippen LogP contribution is 2.24. The first kappa shape index (κ1) is 17.0. The van der Waals surface area contributed by atoms with Gasteiger partial charge in [0.05, 0.1) is 11.9 Å². The maximum atomic E-state index is 12.1. The van der Waals surface area contributed by atoms with Gasteiger partial charge < -0.3 is 5.32 Å². The number of nitrogens with zero attached hydrogens (tertiary/aromatic N) is 2. The van der Waals surface area contributed by atoms with E-state index >= 15 is 0 Å². The van der Waals surface area contributed by atoms with E-state index in [9.17, 15) is 10.1 Å². The first-order chi connectivity index (χ1) is 11.0. The van der Waals surface area contributed by atoms with Crippen LogP contribution in [0.25, 0.3) is 17.3 Å². The van der Waals surface area contributed by atoms with Crippen molar-refractivity contribution in [2.75, 3.05) is 0 Å². The molecule has 1 aromatic carbocycles. The van der Waals surface area contributed by atoms with E-state index in [1.54, 1.807) is 12.3 Å². The van der Waals surface area contributed by atoms with Crippen LogP contribution in [0.3, 0.4) is 0 Å². The van der Waals surface area contributed by atoms with E-state index in [1.165, 1.54) is 0 Å². The number of amides is 1. The van der Waals surface area contributed by atoms with Crippen molar-refractivity contribution >= 4 is 27.9 Å². The fourth-order valence-corrected chi connectivity index (χ4v) is 2.22. The molecule has 5 nitrogen and oxygen atoms in total. The molecule has 0 aliphatic heterocycles. The summed E-state index contributed by atoms with van der Waals surface area (Å²) in [5.74, 6) is -0.371. The number of carbonyl (C=O) groups is 1. The predicted molar refractivity (Wildman–Crippen MR) is 93.2 cm³/mol. The van der Waals surface area contributed by atoms with Crippen LogP contribution in [0.2, 0.25) is 0 Å². The number of benzene rings is 1. The lowest BCUT2D eigenvalue weighted by molar-refractivity contribution is -0.117. The molecule has 1 atom stereocenters. The summed E-state index contributed by atoms with van der Waals surface area (Å²) < 4.78 is 0.975. The van der Waals surface area contributed by atoms with E-state index in [1.807, 2.05) is 44.2 Å². The molecular formula is C17H17BrN4O. The van der Waals surface area contributed by atoms with Crippen LogP contribution in [0.5, 0.6) is 0 Å². The Balaban J connectivity index is 2.32. The Morgan fingerprint density at radius 3 is 2.78 bits per heavy atom. The number of hydrogen-bond donors (Lipinski definition) is 2. The number of H-pyrrole nitrogens is 1. The van der Waals surface area contributed by atoms with Gasteiger partial charge in [0.15, 0.2) is 0 Å². The molecule has 0 radical (unpaired) electrons. The van der Waals surface area contributed by atoms with Gasteiger partial charge in [-0.05, 0) is 31.6 Å². The standard InChI is InChI=1S/C17H17BrN4O/c1-3-11(2)21-17(23)13(9-19)8-14-10-20-22-16(14)12-4-6-15(18)7-5-12/h4-8,10-11H,3H2,1-2H3,(H,20,22)(H,21,23)/b13-8+. The molecule has 2 rings (SSSR count). The highest BCUT2D eigenvalue weighted by molar-refractivity contribution is 9.10. The van der Waals surface area contributed by atoms with Crippen LogP contribution in [0, 0.1) is 11.3 Å². The molecular weight excluding hydrogens is 356 g/mol. The van der Waals surface area contributed by atoms with Crippen molar-refractivity contribution in [3.05, 3.63) is 46.1 Å². The lowest BCUT2D eigenvalue weighted by atomic mass is 10.1. The second kappa shape index (κ2) is 7.75. The Morgan fingerprint density at radius 1 is 1.48 bits per heavy atom. The van der Waals surface area contributed by atoms with Gasteiger partial charge in [-0.2, -0.15) is 10.4 Å². The largest absolute Gasteiger partial charge is 0.349 e. The van der Waals surface area contributed by atoms with Gasteiger partial charge in [-0.15, -0.1) is 0 Å². The molecule has 2 aromatic rings. The summed E-state index contributed by atoms with van der Waals surface area (Å²) in [4.78, 5) is 12.1. The molecule has 0 bridgehead atoms. The summed E-state index contributed by atoms with van der Waals surface area (Å²) in [5.41, 5.74) is 2.45. The Labute approximate surface area is 143 Å². The molecule has 0 saturated heterocycles. The number of rotatable bonds is 5. The van der Waals surface area contributed by atoms with Crippen molar-refractivity contribution in [1.29, 1.82) is 5.26 Å². The van der Waals surface area contributed by atoms with Crippen molar-refractivity contribution in [2.45, 2.75) is 26.3 Å². The average Bonchev–Trinajstić information content (AvgIpc) is 3.01. The summed E-state index contributed by atoms with van der Waals surface area (Å²) >= 11 is 3.39. The highest BCUT2D eigenvalue weighted by Gasteiger charge is 2.13. The number of hydrogen-bond acceptors (Lipinski definition) is 3. The van der Waals surface area contributed by atoms with Crippen LogP contribution in [0.4, 0.5) is 0 Å². The SMILES string of the molecule is CCC(C)NC(=O)/C(C#N)=C/c1cn[nH]c1-c1ccc(Br)cc1. The van der Waals surface area contributed by atoms with Gasteiger partial charge >= 0.3 is 0 Å². The summed E-state index contributed by atoms with van der Waals surface area (Å²) in [5, 5.41) is 19.0. The van der Waals surface area contributed by atoms with E-state index in [2.05, 4.69) is 31.4 Å². The molecule has 0 aliphatic rings. The summed E-state index contributed by atoms with van der Waals surface area (Å²) in [6.45, 7) is 3.88. The highest BCUT2D eigenvalue weighted by atomic mass is 79.9. The molecule has 2 N–H and O–H groups in total. The van der Waals surface area contributed by atoms with Crippen molar-refractivity contribution in [3.8, 4) is 17.3 Å². The van der Waals surface area contributed by atoms with Crippen LogP contribution < -0.4 is 5.32 Å². The quantitative estimate of drug-likeness (QED) is 0.620. The van der Waals surface area contributed by atoms with Crippen molar-refractivity contribution in [2.24, 2.45) is 0 Å². The van der Waals surface area contributed by atoms with Crippen LogP contribution in [0.15, 0.2) is 40.5 Å². The minimum absolute atomic E-state index is 0.0227. The zero-order chi connectivity index (χ0) is 16.8. The Bertz CT molecular complexity index is 756. The predicted octanol–water partition coefficient (Wildman–Crippen LogP) is 3.66. The second-order valence-corrected chi connectivity index (χ2v) is 6.08. The molecule has 23 heavy (non-hydrogen) atoms. The third-order valence-corrected chi connectivity index (χ3v) is 3.99. The fourth-order valence-electron chi connectivity index (χ4n) is 1.96. The Morgan fingerprint density at radius 2 is 2.17 bits per heavy atom. The van der Waals surface area contributed by atoms with Crippen LogP contribution in [0.1, 0.15) is 25.8 Å². The maximum absolute atomic E-state index is 12.1. The summed E-state index contributed by atoms with van der Waals surface area (Å²) in [6.07, 6.45) is 3.96. The smallest absolute Gasteiger partial charge is 0.262 e. The fraction of sp³-hybridized carbons (Fsp3) is 0.235. The molecule has 0 aliphatic carbocycles. The van der Waals surface area contributed by atoms with E-state index in [0.29, 0.717) is 5.56 Å². The summed E-state index contributed by atoms with van der Waals surface area (Å²) in [7, 11) is 0. The molecule has 0 fully saturated rings. The van der Waals surface area contributed by atoms with Gasteiger partial charge in [0.25, 0.3) is 5.91 Å². The number of aromatic amines is 1. The van der Waals surface area contributed by atoms with Gasteiger partial charge in [0.2, 0.25) is 0 Å². The van der Waals surface area contributed by atoms with Crippen molar-refractivity contribution in [1.82, 2.24) is 15.5 Å². The van der Waals surface area contributed by atoms with E-state index in [0.717, 1.165) is 22.2 Å². The van der Waals surface area contributed by atoms with Crippen molar-refractivity contribution in [3.63, 3.8) is 0 Å². The second-order valence-electron chi connectivity index (χ2n) is 5.16. The van der Waals surface area contributed by atoms with Gasteiger partial charge in [0, 0.05) is 21.6 Å². The van der Waals surface area contributed by atoms with Gasteiger partial charge in [-0.1, -0.05) is 35.0 Å². The first-order valence-corrected chi connectivity index (χ1v) is 8.06. The topological polar surface area (TPSA) is 81.6 Å². The monoisotopic (exact) mass is 372 g/mol. The third-order valence-electron chi connectivity index (χ3n) is 3.46. The maximum Gasteiger partial charge on any atom is 0.262 e. The number of carbonyl (C=O) groups excluding carboxylic acids is 1. The lowest BCUT2D eigenvalue weighted by Crippen LogP contribution is -2.32. The molecule has 6 heteroatoms. The zero-order valence-corrected chi connectivity index (χ0v) is 14.5. The van der Waals surface area contributed by atoms with Gasteiger partial charge in [-0.25, -0.2) is 0 Å².